The molecule has 0 radical (unpaired) electrons. The van der Waals surface area contributed by atoms with Gasteiger partial charge in [0.05, 0.1) is 17.9 Å². The normalized spacial score (nSPS) is 13.0. The zero-order valence-electron chi connectivity index (χ0n) is 13.7. The number of nitrogens with zero attached hydrogens (tertiary/aromatic N) is 2. The number of carbonyl (C=O) groups is 1. The highest BCUT2D eigenvalue weighted by Gasteiger charge is 2.17. The van der Waals surface area contributed by atoms with Crippen molar-refractivity contribution in [3.63, 3.8) is 0 Å². The first-order valence-electron chi connectivity index (χ1n) is 8.07. The van der Waals surface area contributed by atoms with E-state index in [9.17, 15) is 9.59 Å². The van der Waals surface area contributed by atoms with E-state index in [4.69, 9.17) is 4.74 Å². The number of ketones is 1. The monoisotopic (exact) mass is 372 g/mol. The molecule has 0 saturated carbocycles. The third-order valence-corrected chi connectivity index (χ3v) is 6.06. The van der Waals surface area contributed by atoms with Crippen LogP contribution >= 0.6 is 23.1 Å². The van der Waals surface area contributed by atoms with E-state index >= 15 is 0 Å². The van der Waals surface area contributed by atoms with Crippen LogP contribution in [-0.4, -0.2) is 27.7 Å². The van der Waals surface area contributed by atoms with Gasteiger partial charge < -0.3 is 4.74 Å². The number of fused-ring (bicyclic) bond motifs is 2. The minimum Gasteiger partial charge on any atom is -0.493 e. The third kappa shape index (κ3) is 2.98. The summed E-state index contributed by atoms with van der Waals surface area (Å²) >= 11 is 2.72. The summed E-state index contributed by atoms with van der Waals surface area (Å²) in [6.45, 7) is 3.12. The zero-order valence-corrected chi connectivity index (χ0v) is 15.3. The smallest absolute Gasteiger partial charge is 0.272 e. The highest BCUT2D eigenvalue weighted by Crippen LogP contribution is 2.27. The topological polar surface area (TPSA) is 61.2 Å². The molecule has 0 unspecified atom stereocenters. The molecule has 1 aliphatic rings. The second-order valence-electron chi connectivity index (χ2n) is 5.71. The van der Waals surface area contributed by atoms with Gasteiger partial charge in [-0.05, 0) is 42.1 Å². The number of rotatable bonds is 5. The second-order valence-corrected chi connectivity index (χ2v) is 7.57. The van der Waals surface area contributed by atoms with Gasteiger partial charge in [-0.15, -0.1) is 11.3 Å². The van der Waals surface area contributed by atoms with E-state index in [2.05, 4.69) is 4.98 Å². The number of benzene rings is 1. The number of hydrogen-bond acceptors (Lipinski definition) is 6. The fourth-order valence-electron chi connectivity index (χ4n) is 2.89. The van der Waals surface area contributed by atoms with Gasteiger partial charge in [0.15, 0.2) is 10.9 Å². The van der Waals surface area contributed by atoms with Crippen molar-refractivity contribution >= 4 is 39.1 Å². The summed E-state index contributed by atoms with van der Waals surface area (Å²) in [6, 6.07) is 7.41. The van der Waals surface area contributed by atoms with E-state index in [-0.39, 0.29) is 17.1 Å². The molecule has 0 saturated heterocycles. The SMILES string of the molecule is CCn1c(SCC(=O)c2ccc3c(c2)CCO3)nc2ccsc2c1=O. The lowest BCUT2D eigenvalue weighted by Crippen LogP contribution is -2.22. The van der Waals surface area contributed by atoms with E-state index in [0.717, 1.165) is 17.7 Å². The summed E-state index contributed by atoms with van der Waals surface area (Å²) in [5.74, 6) is 1.15. The van der Waals surface area contributed by atoms with Gasteiger partial charge in [-0.1, -0.05) is 11.8 Å². The molecule has 25 heavy (non-hydrogen) atoms. The molecule has 0 fully saturated rings. The standard InChI is InChI=1S/C18H16N2O3S2/c1-2-20-17(22)16-13(6-8-24-16)19-18(20)25-10-14(21)11-3-4-15-12(9-11)5-7-23-15/h3-4,6,8-9H,2,5,7,10H2,1H3. The summed E-state index contributed by atoms with van der Waals surface area (Å²) < 4.78 is 7.77. The number of carbonyl (C=O) groups excluding carboxylic acids is 1. The molecule has 1 aliphatic heterocycles. The fraction of sp³-hybridized carbons (Fsp3) is 0.278. The summed E-state index contributed by atoms with van der Waals surface area (Å²) in [5.41, 5.74) is 2.43. The van der Waals surface area contributed by atoms with Crippen LogP contribution < -0.4 is 10.3 Å². The van der Waals surface area contributed by atoms with Crippen molar-refractivity contribution in [1.82, 2.24) is 9.55 Å². The van der Waals surface area contributed by atoms with Crippen molar-refractivity contribution < 1.29 is 9.53 Å². The molecule has 0 spiro atoms. The molecule has 128 valence electrons. The van der Waals surface area contributed by atoms with Crippen LogP contribution in [0, 0.1) is 0 Å². The predicted molar refractivity (Wildman–Crippen MR) is 100 cm³/mol. The lowest BCUT2D eigenvalue weighted by Gasteiger charge is -2.09. The molecule has 2 aromatic heterocycles. The quantitative estimate of drug-likeness (QED) is 0.390. The first-order valence-corrected chi connectivity index (χ1v) is 9.93. The minimum atomic E-state index is -0.0351. The van der Waals surface area contributed by atoms with Gasteiger partial charge in [-0.25, -0.2) is 4.98 Å². The molecule has 3 heterocycles. The average Bonchev–Trinajstić information content (AvgIpc) is 3.28. The summed E-state index contributed by atoms with van der Waals surface area (Å²) in [5, 5.41) is 2.46. The van der Waals surface area contributed by atoms with E-state index < -0.39 is 0 Å². The van der Waals surface area contributed by atoms with Crippen molar-refractivity contribution in [2.45, 2.75) is 25.0 Å². The average molecular weight is 372 g/mol. The number of thiophene rings is 1. The second kappa shape index (κ2) is 6.65. The van der Waals surface area contributed by atoms with E-state index in [0.29, 0.717) is 34.1 Å². The molecule has 4 rings (SSSR count). The predicted octanol–water partition coefficient (Wildman–Crippen LogP) is 3.39. The summed E-state index contributed by atoms with van der Waals surface area (Å²) in [4.78, 5) is 29.6. The molecule has 3 aromatic rings. The minimum absolute atomic E-state index is 0.0296. The number of thioether (sulfide) groups is 1. The molecule has 0 aliphatic carbocycles. The summed E-state index contributed by atoms with van der Waals surface area (Å²) in [6.07, 6.45) is 0.843. The Morgan fingerprint density at radius 2 is 2.28 bits per heavy atom. The van der Waals surface area contributed by atoms with Gasteiger partial charge in [0.1, 0.15) is 10.4 Å². The van der Waals surface area contributed by atoms with Crippen LogP contribution in [0.3, 0.4) is 0 Å². The molecule has 1 aromatic carbocycles. The van der Waals surface area contributed by atoms with E-state index in [1.807, 2.05) is 30.5 Å². The molecule has 0 N–H and O–H groups in total. The largest absolute Gasteiger partial charge is 0.493 e. The van der Waals surface area contributed by atoms with E-state index in [1.54, 1.807) is 10.6 Å². The maximum Gasteiger partial charge on any atom is 0.272 e. The third-order valence-electron chi connectivity index (χ3n) is 4.19. The molecule has 7 heteroatoms. The van der Waals surface area contributed by atoms with Gasteiger partial charge in [0.25, 0.3) is 5.56 Å². The number of hydrogen-bond donors (Lipinski definition) is 0. The molecule has 0 bridgehead atoms. The van der Waals surface area contributed by atoms with E-state index in [1.165, 1.54) is 23.1 Å². The maximum absolute atomic E-state index is 12.5. The van der Waals surface area contributed by atoms with Gasteiger partial charge in [-0.3, -0.25) is 14.2 Å². The van der Waals surface area contributed by atoms with Crippen molar-refractivity contribution in [3.05, 3.63) is 51.1 Å². The van der Waals surface area contributed by atoms with Gasteiger partial charge in [0, 0.05) is 18.5 Å². The van der Waals surface area contributed by atoms with Crippen molar-refractivity contribution in [3.8, 4) is 5.75 Å². The Labute approximate surface area is 152 Å². The van der Waals surface area contributed by atoms with Crippen molar-refractivity contribution in [2.75, 3.05) is 12.4 Å². The van der Waals surface area contributed by atoms with Crippen LogP contribution in [-0.2, 0) is 13.0 Å². The van der Waals surface area contributed by atoms with Crippen LogP contribution in [0.25, 0.3) is 10.2 Å². The Bertz CT molecular complexity index is 1020. The Hall–Kier alpha value is -2.12. The molecule has 0 amide bonds. The maximum atomic E-state index is 12.5. The van der Waals surface area contributed by atoms with Crippen molar-refractivity contribution in [2.24, 2.45) is 0 Å². The zero-order chi connectivity index (χ0) is 17.4. The number of aromatic nitrogens is 2. The highest BCUT2D eigenvalue weighted by molar-refractivity contribution is 7.99. The highest BCUT2D eigenvalue weighted by atomic mass is 32.2. The summed E-state index contributed by atoms with van der Waals surface area (Å²) in [7, 11) is 0. The Kier molecular flexibility index (Phi) is 4.35. The number of ether oxygens (including phenoxy) is 1. The van der Waals surface area contributed by atoms with Crippen LogP contribution in [0.1, 0.15) is 22.8 Å². The first-order chi connectivity index (χ1) is 12.2. The lowest BCUT2D eigenvalue weighted by molar-refractivity contribution is 0.102. The fourth-order valence-corrected chi connectivity index (χ4v) is 4.62. The lowest BCUT2D eigenvalue weighted by atomic mass is 10.1. The molecule has 5 nitrogen and oxygen atoms in total. The molecular weight excluding hydrogens is 356 g/mol. The van der Waals surface area contributed by atoms with Crippen LogP contribution in [0.2, 0.25) is 0 Å². The Morgan fingerprint density at radius 1 is 1.40 bits per heavy atom. The van der Waals surface area contributed by atoms with Crippen LogP contribution in [0.15, 0.2) is 39.6 Å². The molecule has 0 atom stereocenters. The molecular formula is C18H16N2O3S2. The van der Waals surface area contributed by atoms with Crippen LogP contribution in [0.5, 0.6) is 5.75 Å². The van der Waals surface area contributed by atoms with Gasteiger partial charge in [-0.2, -0.15) is 0 Å². The first kappa shape index (κ1) is 16.4. The van der Waals surface area contributed by atoms with Gasteiger partial charge >= 0.3 is 0 Å². The van der Waals surface area contributed by atoms with Gasteiger partial charge in [0.2, 0.25) is 0 Å². The number of Topliss-reactive ketones (excluding diaryl/α,β-unsaturated/α-hetero) is 1. The Morgan fingerprint density at radius 3 is 3.12 bits per heavy atom. The van der Waals surface area contributed by atoms with Crippen LogP contribution in [0.4, 0.5) is 0 Å². The Balaban J connectivity index is 1.57. The van der Waals surface area contributed by atoms with Crippen molar-refractivity contribution in [1.29, 1.82) is 0 Å².